The number of hydrogen-bond acceptors (Lipinski definition) is 3. The van der Waals surface area contributed by atoms with Gasteiger partial charge in [-0.2, -0.15) is 0 Å². The largest absolute Gasteiger partial charge is 0.368 e. The van der Waals surface area contributed by atoms with Gasteiger partial charge in [0.2, 0.25) is 0 Å². The highest BCUT2D eigenvalue weighted by atomic mass is 35.5. The van der Waals surface area contributed by atoms with E-state index in [9.17, 15) is 4.79 Å². The third-order valence-electron chi connectivity index (χ3n) is 4.54. The molecular formula is C13H23ClN2O2. The Morgan fingerprint density at radius 3 is 2.33 bits per heavy atom. The zero-order valence-electron chi connectivity index (χ0n) is 10.8. The quantitative estimate of drug-likeness (QED) is 0.777. The number of nitrogens with one attached hydrogen (secondary N) is 1. The van der Waals surface area contributed by atoms with E-state index in [4.69, 9.17) is 4.74 Å². The van der Waals surface area contributed by atoms with Gasteiger partial charge in [0.05, 0.1) is 0 Å². The third-order valence-corrected chi connectivity index (χ3v) is 4.54. The summed E-state index contributed by atoms with van der Waals surface area (Å²) in [5.41, 5.74) is 0. The van der Waals surface area contributed by atoms with Gasteiger partial charge in [0, 0.05) is 19.7 Å². The molecule has 1 amide bonds. The molecule has 4 nitrogen and oxygen atoms in total. The van der Waals surface area contributed by atoms with Crippen molar-refractivity contribution in [1.29, 1.82) is 0 Å². The van der Waals surface area contributed by atoms with E-state index in [0.717, 1.165) is 70.3 Å². The number of carbonyl (C=O) groups is 1. The van der Waals surface area contributed by atoms with Gasteiger partial charge in [0.1, 0.15) is 6.10 Å². The van der Waals surface area contributed by atoms with Crippen LogP contribution >= 0.6 is 12.4 Å². The number of ether oxygens (including phenoxy) is 1. The molecule has 3 heterocycles. The van der Waals surface area contributed by atoms with E-state index in [1.165, 1.54) is 0 Å². The van der Waals surface area contributed by atoms with Crippen LogP contribution in [0, 0.1) is 11.8 Å². The Morgan fingerprint density at radius 1 is 1.11 bits per heavy atom. The zero-order chi connectivity index (χ0) is 11.7. The second kappa shape index (κ2) is 6.22. The van der Waals surface area contributed by atoms with E-state index in [2.05, 4.69) is 5.32 Å². The first-order valence-corrected chi connectivity index (χ1v) is 6.95. The molecule has 0 aliphatic carbocycles. The highest BCUT2D eigenvalue weighted by Crippen LogP contribution is 2.28. The highest BCUT2D eigenvalue weighted by Gasteiger charge is 2.34. The molecule has 0 aromatic rings. The predicted octanol–water partition coefficient (Wildman–Crippen LogP) is 1.05. The summed E-state index contributed by atoms with van der Waals surface area (Å²) >= 11 is 0. The maximum atomic E-state index is 12.3. The fourth-order valence-electron chi connectivity index (χ4n) is 3.41. The minimum absolute atomic E-state index is 0. The molecule has 3 fully saturated rings. The minimum atomic E-state index is -0.133. The van der Waals surface area contributed by atoms with Gasteiger partial charge in [-0.1, -0.05) is 0 Å². The van der Waals surface area contributed by atoms with Crippen molar-refractivity contribution < 1.29 is 9.53 Å². The van der Waals surface area contributed by atoms with Gasteiger partial charge in [0.15, 0.2) is 0 Å². The van der Waals surface area contributed by atoms with Gasteiger partial charge in [0.25, 0.3) is 5.91 Å². The van der Waals surface area contributed by atoms with Crippen molar-refractivity contribution in [1.82, 2.24) is 10.2 Å². The molecule has 1 unspecified atom stereocenters. The third kappa shape index (κ3) is 2.81. The fraction of sp³-hybridized carbons (Fsp3) is 0.923. The highest BCUT2D eigenvalue weighted by molar-refractivity contribution is 5.85. The van der Waals surface area contributed by atoms with Crippen molar-refractivity contribution >= 4 is 18.3 Å². The number of fused-ring (bicyclic) bond motifs is 1. The Morgan fingerprint density at radius 2 is 1.78 bits per heavy atom. The van der Waals surface area contributed by atoms with Crippen LogP contribution in [0.15, 0.2) is 0 Å². The van der Waals surface area contributed by atoms with Gasteiger partial charge in [-0.3, -0.25) is 4.79 Å². The molecule has 3 aliphatic rings. The molecule has 3 aliphatic heterocycles. The molecule has 18 heavy (non-hydrogen) atoms. The number of nitrogens with zero attached hydrogens (tertiary/aromatic N) is 1. The maximum Gasteiger partial charge on any atom is 0.251 e. The lowest BCUT2D eigenvalue weighted by atomic mass is 9.92. The Labute approximate surface area is 115 Å². The van der Waals surface area contributed by atoms with Crippen LogP contribution in [-0.2, 0) is 9.53 Å². The summed E-state index contributed by atoms with van der Waals surface area (Å²) < 4.78 is 5.50. The molecule has 0 bridgehead atoms. The van der Waals surface area contributed by atoms with E-state index in [0.29, 0.717) is 0 Å². The number of carbonyl (C=O) groups excluding carboxylic acids is 1. The first-order chi connectivity index (χ1) is 8.34. The Kier molecular flexibility index (Phi) is 4.87. The lowest BCUT2D eigenvalue weighted by Crippen LogP contribution is -2.39. The summed E-state index contributed by atoms with van der Waals surface area (Å²) in [6, 6.07) is 0. The first-order valence-electron chi connectivity index (χ1n) is 6.95. The van der Waals surface area contributed by atoms with E-state index in [1.807, 2.05) is 4.90 Å². The Balaban J connectivity index is 0.00000120. The fourth-order valence-corrected chi connectivity index (χ4v) is 3.41. The average molecular weight is 275 g/mol. The summed E-state index contributed by atoms with van der Waals surface area (Å²) in [5.74, 6) is 1.82. The average Bonchev–Trinajstić information content (AvgIpc) is 2.97. The van der Waals surface area contributed by atoms with Crippen LogP contribution in [-0.4, -0.2) is 49.7 Å². The predicted molar refractivity (Wildman–Crippen MR) is 71.9 cm³/mol. The van der Waals surface area contributed by atoms with Gasteiger partial charge >= 0.3 is 0 Å². The number of likely N-dealkylation sites (tertiary alicyclic amines) is 1. The standard InChI is InChI=1S/C13H22N2O2.ClH/c16-13(12-2-1-7-17-12)15-5-3-10-8-14-9-11(10)4-6-15;/h10-12,14H,1-9H2;1H/t10-,11+,12?;. The molecule has 5 heteroatoms. The molecule has 0 aromatic carbocycles. The second-order valence-corrected chi connectivity index (χ2v) is 5.58. The minimum Gasteiger partial charge on any atom is -0.368 e. The van der Waals surface area contributed by atoms with E-state index in [1.54, 1.807) is 0 Å². The lowest BCUT2D eigenvalue weighted by Gasteiger charge is -2.23. The Hall–Kier alpha value is -0.320. The summed E-state index contributed by atoms with van der Waals surface area (Å²) in [6.07, 6.45) is 4.15. The van der Waals surface area contributed by atoms with Crippen LogP contribution in [0.25, 0.3) is 0 Å². The zero-order valence-corrected chi connectivity index (χ0v) is 11.6. The summed E-state index contributed by atoms with van der Waals surface area (Å²) in [6.45, 7) is 4.92. The van der Waals surface area contributed by atoms with Crippen LogP contribution in [0.4, 0.5) is 0 Å². The van der Waals surface area contributed by atoms with Gasteiger partial charge < -0.3 is 15.0 Å². The summed E-state index contributed by atoms with van der Waals surface area (Å²) in [5, 5.41) is 3.46. The van der Waals surface area contributed by atoms with Gasteiger partial charge in [-0.15, -0.1) is 12.4 Å². The molecule has 0 aromatic heterocycles. The summed E-state index contributed by atoms with van der Waals surface area (Å²) in [4.78, 5) is 14.3. The van der Waals surface area contributed by atoms with Crippen LogP contribution in [0.1, 0.15) is 25.7 Å². The van der Waals surface area contributed by atoms with E-state index in [-0.39, 0.29) is 24.4 Å². The van der Waals surface area contributed by atoms with Crippen molar-refractivity contribution in [2.45, 2.75) is 31.8 Å². The number of amides is 1. The topological polar surface area (TPSA) is 41.6 Å². The first kappa shape index (κ1) is 14.1. The summed E-state index contributed by atoms with van der Waals surface area (Å²) in [7, 11) is 0. The van der Waals surface area contributed by atoms with Gasteiger partial charge in [-0.05, 0) is 50.6 Å². The second-order valence-electron chi connectivity index (χ2n) is 5.58. The lowest BCUT2D eigenvalue weighted by molar-refractivity contribution is -0.140. The molecule has 0 radical (unpaired) electrons. The van der Waals surface area contributed by atoms with Crippen molar-refractivity contribution in [3.05, 3.63) is 0 Å². The van der Waals surface area contributed by atoms with Crippen LogP contribution in [0.5, 0.6) is 0 Å². The molecular weight excluding hydrogens is 252 g/mol. The van der Waals surface area contributed by atoms with Crippen LogP contribution in [0.2, 0.25) is 0 Å². The van der Waals surface area contributed by atoms with Crippen LogP contribution < -0.4 is 5.32 Å². The number of halogens is 1. The molecule has 0 spiro atoms. The monoisotopic (exact) mass is 274 g/mol. The van der Waals surface area contributed by atoms with E-state index >= 15 is 0 Å². The molecule has 0 saturated carbocycles. The molecule has 3 rings (SSSR count). The van der Waals surface area contributed by atoms with Crippen molar-refractivity contribution in [3.63, 3.8) is 0 Å². The van der Waals surface area contributed by atoms with Crippen molar-refractivity contribution in [2.24, 2.45) is 11.8 Å². The van der Waals surface area contributed by atoms with Crippen molar-refractivity contribution in [2.75, 3.05) is 32.8 Å². The van der Waals surface area contributed by atoms with Gasteiger partial charge in [-0.25, -0.2) is 0 Å². The molecule has 3 atom stereocenters. The number of hydrogen-bond donors (Lipinski definition) is 1. The molecule has 1 N–H and O–H groups in total. The number of rotatable bonds is 1. The normalized spacial score (nSPS) is 35.8. The molecule has 3 saturated heterocycles. The molecule has 104 valence electrons. The smallest absolute Gasteiger partial charge is 0.251 e. The van der Waals surface area contributed by atoms with E-state index < -0.39 is 0 Å². The Bertz CT molecular complexity index is 281. The van der Waals surface area contributed by atoms with Crippen molar-refractivity contribution in [3.8, 4) is 0 Å². The van der Waals surface area contributed by atoms with Crippen LogP contribution in [0.3, 0.4) is 0 Å². The SMILES string of the molecule is Cl.O=C(C1CCCO1)N1CC[C@@H]2CNC[C@@H]2CC1. The maximum absolute atomic E-state index is 12.3.